The number of anilines is 2. The van der Waals surface area contributed by atoms with Crippen LogP contribution in [-0.4, -0.2) is 55.7 Å². The number of carbonyl (C=O) groups excluding carboxylic acids is 2. The molecule has 1 aromatic heterocycles. The van der Waals surface area contributed by atoms with Crippen LogP contribution in [0.25, 0.3) is 0 Å². The third kappa shape index (κ3) is 5.87. The second-order valence-corrected chi connectivity index (χ2v) is 9.50. The summed E-state index contributed by atoms with van der Waals surface area (Å²) in [6.07, 6.45) is 0.951. The zero-order valence-corrected chi connectivity index (χ0v) is 17.5. The van der Waals surface area contributed by atoms with Gasteiger partial charge in [-0.15, -0.1) is 10.2 Å². The van der Waals surface area contributed by atoms with Crippen LogP contribution in [0.2, 0.25) is 0 Å². The van der Waals surface area contributed by atoms with E-state index in [1.807, 2.05) is 0 Å². The van der Waals surface area contributed by atoms with Crippen molar-refractivity contribution < 1.29 is 27.1 Å². The maximum Gasteiger partial charge on any atom is 0.316 e. The molecule has 1 atom stereocenters. The van der Waals surface area contributed by atoms with E-state index in [0.29, 0.717) is 4.34 Å². The highest BCUT2D eigenvalue weighted by Gasteiger charge is 2.29. The molecule has 152 valence electrons. The summed E-state index contributed by atoms with van der Waals surface area (Å²) in [6.45, 7) is 1.40. The van der Waals surface area contributed by atoms with Crippen LogP contribution in [0.4, 0.5) is 15.2 Å². The molecule has 0 fully saturated rings. The lowest BCUT2D eigenvalue weighted by atomic mass is 10.2. The summed E-state index contributed by atoms with van der Waals surface area (Å²) in [5, 5.41) is 10.3. The molecular weight excluding hydrogens is 431 g/mol. The predicted molar refractivity (Wildman–Crippen MR) is 104 cm³/mol. The number of ether oxygens (including phenoxy) is 1. The highest BCUT2D eigenvalue weighted by atomic mass is 32.2. The van der Waals surface area contributed by atoms with Gasteiger partial charge in [-0.05, 0) is 31.2 Å². The monoisotopic (exact) mass is 448 g/mol. The Kier molecular flexibility index (Phi) is 7.32. The Morgan fingerprint density at radius 2 is 1.96 bits per heavy atom. The first-order chi connectivity index (χ1) is 13.1. The predicted octanol–water partition coefficient (Wildman–Crippen LogP) is 1.74. The number of hydrogen-bond acceptors (Lipinski definition) is 9. The van der Waals surface area contributed by atoms with Crippen LogP contribution >= 0.6 is 23.1 Å². The van der Waals surface area contributed by atoms with Crippen molar-refractivity contribution in [1.82, 2.24) is 10.2 Å². The molecular formula is C15H17FN4O5S3. The number of thioether (sulfide) groups is 1. The first-order valence-corrected chi connectivity index (χ1v) is 11.4. The quantitative estimate of drug-likeness (QED) is 0.368. The molecule has 1 aromatic carbocycles. The standard InChI is InChI=1S/C15H17FN4O5S3/c1-9(20(28(3,23)24)11-6-4-10(16)5-7-11)13(22)17-14-18-19-15(27-14)26-8-12(21)25-2/h4-7,9H,8H2,1-3H3,(H,17,18,22)/t9-/m1/s1. The van der Waals surface area contributed by atoms with Crippen LogP contribution in [0, 0.1) is 5.82 Å². The van der Waals surface area contributed by atoms with E-state index in [1.54, 1.807) is 0 Å². The van der Waals surface area contributed by atoms with Gasteiger partial charge in [0.15, 0.2) is 4.34 Å². The van der Waals surface area contributed by atoms with E-state index in [4.69, 9.17) is 0 Å². The van der Waals surface area contributed by atoms with Gasteiger partial charge in [-0.3, -0.25) is 19.2 Å². The number of hydrogen-bond donors (Lipinski definition) is 1. The summed E-state index contributed by atoms with van der Waals surface area (Å²) in [5.41, 5.74) is 0.151. The molecule has 0 saturated heterocycles. The Labute approximate surface area is 169 Å². The van der Waals surface area contributed by atoms with Gasteiger partial charge >= 0.3 is 5.97 Å². The summed E-state index contributed by atoms with van der Waals surface area (Å²) >= 11 is 2.13. The van der Waals surface area contributed by atoms with E-state index in [0.717, 1.165) is 45.8 Å². The van der Waals surface area contributed by atoms with Crippen LogP contribution in [0.5, 0.6) is 0 Å². The summed E-state index contributed by atoms with van der Waals surface area (Å²) < 4.78 is 43.3. The smallest absolute Gasteiger partial charge is 0.316 e. The second-order valence-electron chi connectivity index (χ2n) is 5.44. The summed E-state index contributed by atoms with van der Waals surface area (Å²) in [7, 11) is -2.55. The van der Waals surface area contributed by atoms with Crippen LogP contribution in [0.15, 0.2) is 28.6 Å². The maximum atomic E-state index is 13.1. The number of methoxy groups -OCH3 is 1. The molecule has 2 rings (SSSR count). The summed E-state index contributed by atoms with van der Waals surface area (Å²) in [4.78, 5) is 23.7. The van der Waals surface area contributed by atoms with Crippen molar-refractivity contribution in [2.24, 2.45) is 0 Å². The fourth-order valence-corrected chi connectivity index (χ4v) is 4.87. The molecule has 0 bridgehead atoms. The fraction of sp³-hybridized carbons (Fsp3) is 0.333. The summed E-state index contributed by atoms with van der Waals surface area (Å²) in [6, 6.07) is 3.62. The lowest BCUT2D eigenvalue weighted by molar-refractivity contribution is -0.137. The van der Waals surface area contributed by atoms with Crippen molar-refractivity contribution in [3.8, 4) is 0 Å². The molecule has 9 nitrogen and oxygen atoms in total. The summed E-state index contributed by atoms with van der Waals surface area (Å²) in [5.74, 6) is -1.56. The van der Waals surface area contributed by atoms with Crippen LogP contribution in [-0.2, 0) is 24.3 Å². The van der Waals surface area contributed by atoms with Crippen LogP contribution in [0.3, 0.4) is 0 Å². The zero-order valence-electron chi connectivity index (χ0n) is 15.1. The van der Waals surface area contributed by atoms with Crippen molar-refractivity contribution in [3.05, 3.63) is 30.1 Å². The van der Waals surface area contributed by atoms with Crippen molar-refractivity contribution in [3.63, 3.8) is 0 Å². The zero-order chi connectivity index (χ0) is 20.9. The molecule has 0 saturated carbocycles. The normalized spacial score (nSPS) is 12.3. The fourth-order valence-electron chi connectivity index (χ4n) is 2.10. The minimum Gasteiger partial charge on any atom is -0.468 e. The maximum absolute atomic E-state index is 13.1. The van der Waals surface area contributed by atoms with Crippen molar-refractivity contribution in [2.75, 3.05) is 28.7 Å². The van der Waals surface area contributed by atoms with Crippen molar-refractivity contribution in [1.29, 1.82) is 0 Å². The number of aromatic nitrogens is 2. The minimum absolute atomic E-state index is 0.0436. The largest absolute Gasteiger partial charge is 0.468 e. The van der Waals surface area contributed by atoms with Gasteiger partial charge in [-0.1, -0.05) is 23.1 Å². The number of esters is 1. The molecule has 0 spiro atoms. The number of nitrogens with one attached hydrogen (secondary N) is 1. The topological polar surface area (TPSA) is 119 Å². The molecule has 0 unspecified atom stereocenters. The van der Waals surface area contributed by atoms with E-state index < -0.39 is 33.8 Å². The van der Waals surface area contributed by atoms with Crippen LogP contribution in [0.1, 0.15) is 6.92 Å². The van der Waals surface area contributed by atoms with E-state index in [2.05, 4.69) is 20.3 Å². The lowest BCUT2D eigenvalue weighted by Crippen LogP contribution is -2.45. The van der Waals surface area contributed by atoms with Gasteiger partial charge in [-0.25, -0.2) is 12.8 Å². The van der Waals surface area contributed by atoms with Gasteiger partial charge in [0.2, 0.25) is 21.1 Å². The van der Waals surface area contributed by atoms with E-state index in [1.165, 1.54) is 26.2 Å². The van der Waals surface area contributed by atoms with Gasteiger partial charge in [0, 0.05) is 0 Å². The molecule has 1 amide bonds. The molecule has 0 aliphatic heterocycles. The Morgan fingerprint density at radius 3 is 2.54 bits per heavy atom. The SMILES string of the molecule is COC(=O)CSc1nnc(NC(=O)[C@@H](C)N(c2ccc(F)cc2)S(C)(=O)=O)s1. The molecule has 13 heteroatoms. The molecule has 0 radical (unpaired) electrons. The van der Waals surface area contributed by atoms with Gasteiger partial charge in [-0.2, -0.15) is 0 Å². The Morgan fingerprint density at radius 1 is 1.32 bits per heavy atom. The Balaban J connectivity index is 2.12. The minimum atomic E-state index is -3.82. The third-order valence-corrected chi connectivity index (χ3v) is 6.53. The Bertz CT molecular complexity index is 949. The number of sulfonamides is 1. The van der Waals surface area contributed by atoms with Gasteiger partial charge in [0.05, 0.1) is 24.8 Å². The first-order valence-electron chi connectivity index (χ1n) is 7.70. The van der Waals surface area contributed by atoms with E-state index in [-0.39, 0.29) is 16.6 Å². The second kappa shape index (κ2) is 9.30. The lowest BCUT2D eigenvalue weighted by Gasteiger charge is -2.27. The highest BCUT2D eigenvalue weighted by Crippen LogP contribution is 2.26. The molecule has 2 aromatic rings. The number of nitrogens with zero attached hydrogens (tertiary/aromatic N) is 3. The number of rotatable bonds is 8. The molecule has 1 N–H and O–H groups in total. The number of carbonyl (C=O) groups is 2. The first kappa shape index (κ1) is 22.0. The van der Waals surface area contributed by atoms with Crippen molar-refractivity contribution >= 4 is 55.8 Å². The Hall–Kier alpha value is -2.25. The van der Waals surface area contributed by atoms with E-state index in [9.17, 15) is 22.4 Å². The molecule has 28 heavy (non-hydrogen) atoms. The number of amides is 1. The van der Waals surface area contributed by atoms with Crippen LogP contribution < -0.4 is 9.62 Å². The molecule has 0 aliphatic carbocycles. The molecule has 0 aliphatic rings. The average Bonchev–Trinajstić information content (AvgIpc) is 3.07. The van der Waals surface area contributed by atoms with Gasteiger partial charge in [0.25, 0.3) is 0 Å². The van der Waals surface area contributed by atoms with E-state index >= 15 is 0 Å². The van der Waals surface area contributed by atoms with Crippen molar-refractivity contribution in [2.45, 2.75) is 17.3 Å². The number of halogens is 1. The third-order valence-electron chi connectivity index (χ3n) is 3.35. The number of benzene rings is 1. The highest BCUT2D eigenvalue weighted by molar-refractivity contribution is 8.01. The van der Waals surface area contributed by atoms with Gasteiger partial charge in [0.1, 0.15) is 11.9 Å². The molecule has 1 heterocycles. The van der Waals surface area contributed by atoms with Gasteiger partial charge < -0.3 is 4.74 Å². The average molecular weight is 449 g/mol.